The maximum Gasteiger partial charge on any atom is 0.135 e. The third kappa shape index (κ3) is 0.970. The van der Waals surface area contributed by atoms with Crippen molar-refractivity contribution < 1.29 is 0 Å². The van der Waals surface area contributed by atoms with Gasteiger partial charge in [-0.15, -0.1) is 0 Å². The summed E-state index contributed by atoms with van der Waals surface area (Å²) < 4.78 is 0. The predicted molar refractivity (Wildman–Crippen MR) is 55.4 cm³/mol. The average Bonchev–Trinajstić information content (AvgIpc) is 2.88. The fourth-order valence-corrected chi connectivity index (χ4v) is 1.66. The fraction of sp³-hybridized carbons (Fsp3) is 0.100. The lowest BCUT2D eigenvalue weighted by molar-refractivity contribution is 1.08. The second kappa shape index (κ2) is 2.77. The topological polar surface area (TPSA) is 53.4 Å². The normalized spacial score (nSPS) is 23.3. The van der Waals surface area contributed by atoms with E-state index in [4.69, 9.17) is 0 Å². The van der Waals surface area contributed by atoms with E-state index in [-0.39, 0.29) is 6.04 Å². The Bertz CT molecular complexity index is 462. The average molecular weight is 184 g/mol. The lowest BCUT2D eigenvalue weighted by Crippen LogP contribution is -2.18. The van der Waals surface area contributed by atoms with Gasteiger partial charge in [0.2, 0.25) is 0 Å². The molecule has 0 saturated carbocycles. The van der Waals surface area contributed by atoms with Crippen LogP contribution in [0, 0.1) is 0 Å². The van der Waals surface area contributed by atoms with Gasteiger partial charge in [-0.3, -0.25) is 4.99 Å². The summed E-state index contributed by atoms with van der Waals surface area (Å²) in [7, 11) is 0. The second-order valence-electron chi connectivity index (χ2n) is 3.14. The van der Waals surface area contributed by atoms with E-state index in [0.717, 1.165) is 17.1 Å². The third-order valence-electron chi connectivity index (χ3n) is 2.31. The first-order valence-corrected chi connectivity index (χ1v) is 4.42. The SMILES string of the molecule is C1=CC2=NC=NC2C(c2ncc[nH]2)=C1. The summed E-state index contributed by atoms with van der Waals surface area (Å²) in [5.41, 5.74) is 2.06. The molecule has 0 spiro atoms. The number of imidazole rings is 1. The Morgan fingerprint density at radius 2 is 2.36 bits per heavy atom. The molecule has 68 valence electrons. The molecule has 1 aliphatic heterocycles. The Hall–Kier alpha value is -1.97. The molecule has 1 atom stereocenters. The number of aromatic nitrogens is 2. The van der Waals surface area contributed by atoms with E-state index in [0.29, 0.717) is 0 Å². The minimum absolute atomic E-state index is 0.0335. The zero-order valence-electron chi connectivity index (χ0n) is 7.38. The van der Waals surface area contributed by atoms with Gasteiger partial charge in [-0.25, -0.2) is 9.98 Å². The van der Waals surface area contributed by atoms with E-state index in [1.807, 2.05) is 24.4 Å². The van der Waals surface area contributed by atoms with Crippen LogP contribution in [0.15, 0.2) is 40.6 Å². The van der Waals surface area contributed by atoms with Gasteiger partial charge in [-0.1, -0.05) is 12.2 Å². The van der Waals surface area contributed by atoms with Crippen LogP contribution in [0.3, 0.4) is 0 Å². The van der Waals surface area contributed by atoms with E-state index in [1.165, 1.54) is 0 Å². The lowest BCUT2D eigenvalue weighted by Gasteiger charge is -2.13. The maximum absolute atomic E-state index is 4.29. The quantitative estimate of drug-likeness (QED) is 0.700. The molecule has 0 fully saturated rings. The highest BCUT2D eigenvalue weighted by atomic mass is 15.0. The number of nitrogens with one attached hydrogen (secondary N) is 1. The highest BCUT2D eigenvalue weighted by Gasteiger charge is 2.24. The molecule has 3 rings (SSSR count). The highest BCUT2D eigenvalue weighted by Crippen LogP contribution is 2.24. The molecule has 0 bridgehead atoms. The van der Waals surface area contributed by atoms with Gasteiger partial charge in [0.1, 0.15) is 18.2 Å². The van der Waals surface area contributed by atoms with Crippen molar-refractivity contribution >= 4 is 17.6 Å². The third-order valence-corrected chi connectivity index (χ3v) is 2.31. The van der Waals surface area contributed by atoms with E-state index in [2.05, 4.69) is 20.0 Å². The van der Waals surface area contributed by atoms with E-state index in [9.17, 15) is 0 Å². The van der Waals surface area contributed by atoms with Crippen molar-refractivity contribution in [1.29, 1.82) is 0 Å². The summed E-state index contributed by atoms with van der Waals surface area (Å²) in [4.78, 5) is 15.8. The predicted octanol–water partition coefficient (Wildman–Crippen LogP) is 1.21. The van der Waals surface area contributed by atoms with Gasteiger partial charge < -0.3 is 4.98 Å². The van der Waals surface area contributed by atoms with Crippen LogP contribution in [0.5, 0.6) is 0 Å². The molecule has 1 N–H and O–H groups in total. The van der Waals surface area contributed by atoms with Crippen molar-refractivity contribution in [2.24, 2.45) is 9.98 Å². The van der Waals surface area contributed by atoms with Crippen LogP contribution < -0.4 is 0 Å². The molecule has 0 radical (unpaired) electrons. The van der Waals surface area contributed by atoms with Crippen LogP contribution in [0.2, 0.25) is 0 Å². The molecule has 0 amide bonds. The largest absolute Gasteiger partial charge is 0.345 e. The van der Waals surface area contributed by atoms with Crippen molar-refractivity contribution in [3.8, 4) is 0 Å². The summed E-state index contributed by atoms with van der Waals surface area (Å²) in [6, 6.07) is 0.0335. The van der Waals surface area contributed by atoms with Gasteiger partial charge in [0.25, 0.3) is 0 Å². The molecular formula is C10H8N4. The summed E-state index contributed by atoms with van der Waals surface area (Å²) in [6.07, 6.45) is 11.1. The van der Waals surface area contributed by atoms with Crippen LogP contribution in [-0.2, 0) is 0 Å². The standard InChI is InChI=1S/C10H8N4/c1-2-7(10-11-4-5-12-10)9-8(3-1)13-6-14-9/h1-6,9H,(H,11,12). The molecule has 1 unspecified atom stereocenters. The van der Waals surface area contributed by atoms with Crippen molar-refractivity contribution in [2.45, 2.75) is 6.04 Å². The summed E-state index contributed by atoms with van der Waals surface area (Å²) in [5, 5.41) is 0. The number of nitrogens with zero attached hydrogens (tertiary/aromatic N) is 3. The van der Waals surface area contributed by atoms with Crippen LogP contribution in [0.4, 0.5) is 0 Å². The number of rotatable bonds is 1. The van der Waals surface area contributed by atoms with Crippen molar-refractivity contribution in [2.75, 3.05) is 0 Å². The molecule has 1 aromatic heterocycles. The number of hydrogen-bond donors (Lipinski definition) is 1. The molecule has 0 aromatic carbocycles. The van der Waals surface area contributed by atoms with Crippen LogP contribution in [0.25, 0.3) is 5.57 Å². The second-order valence-corrected chi connectivity index (χ2v) is 3.14. The van der Waals surface area contributed by atoms with E-state index >= 15 is 0 Å². The molecule has 4 nitrogen and oxygen atoms in total. The highest BCUT2D eigenvalue weighted by molar-refractivity contribution is 6.14. The first-order chi connectivity index (χ1) is 6.95. The first-order valence-electron chi connectivity index (χ1n) is 4.42. The molecule has 14 heavy (non-hydrogen) atoms. The van der Waals surface area contributed by atoms with Gasteiger partial charge in [-0.05, 0) is 6.08 Å². The van der Waals surface area contributed by atoms with Gasteiger partial charge in [0.15, 0.2) is 0 Å². The van der Waals surface area contributed by atoms with Crippen LogP contribution >= 0.6 is 0 Å². The van der Waals surface area contributed by atoms with Crippen molar-refractivity contribution in [3.05, 3.63) is 36.4 Å². The number of H-pyrrole nitrogens is 1. The Kier molecular flexibility index (Phi) is 1.47. The summed E-state index contributed by atoms with van der Waals surface area (Å²) >= 11 is 0. The Labute approximate surface area is 80.8 Å². The van der Waals surface area contributed by atoms with Crippen molar-refractivity contribution in [1.82, 2.24) is 9.97 Å². The van der Waals surface area contributed by atoms with Crippen molar-refractivity contribution in [3.63, 3.8) is 0 Å². The summed E-state index contributed by atoms with van der Waals surface area (Å²) in [5.74, 6) is 0.867. The minimum atomic E-state index is 0.0335. The monoisotopic (exact) mass is 184 g/mol. The zero-order chi connectivity index (χ0) is 9.38. The lowest BCUT2D eigenvalue weighted by atomic mass is 9.97. The number of allylic oxidation sites excluding steroid dienone is 2. The smallest absolute Gasteiger partial charge is 0.135 e. The molecule has 1 aliphatic carbocycles. The Morgan fingerprint density at radius 1 is 1.36 bits per heavy atom. The Morgan fingerprint density at radius 3 is 3.21 bits per heavy atom. The van der Waals surface area contributed by atoms with E-state index in [1.54, 1.807) is 12.5 Å². The van der Waals surface area contributed by atoms with Gasteiger partial charge in [-0.2, -0.15) is 0 Å². The van der Waals surface area contributed by atoms with Crippen LogP contribution in [0.1, 0.15) is 5.82 Å². The zero-order valence-corrected chi connectivity index (χ0v) is 7.38. The minimum Gasteiger partial charge on any atom is -0.345 e. The molecular weight excluding hydrogens is 176 g/mol. The number of hydrogen-bond acceptors (Lipinski definition) is 3. The molecule has 2 heterocycles. The first kappa shape index (κ1) is 7.44. The van der Waals surface area contributed by atoms with Crippen LogP contribution in [-0.4, -0.2) is 28.1 Å². The maximum atomic E-state index is 4.29. The summed E-state index contributed by atoms with van der Waals surface area (Å²) in [6.45, 7) is 0. The van der Waals surface area contributed by atoms with Gasteiger partial charge in [0, 0.05) is 18.0 Å². The molecule has 1 aromatic rings. The molecule has 4 heteroatoms. The Balaban J connectivity index is 2.08. The van der Waals surface area contributed by atoms with Gasteiger partial charge >= 0.3 is 0 Å². The number of aliphatic imine (C=N–C) groups is 2. The fourth-order valence-electron chi connectivity index (χ4n) is 1.66. The van der Waals surface area contributed by atoms with Gasteiger partial charge in [0.05, 0.1) is 5.71 Å². The molecule has 2 aliphatic rings. The van der Waals surface area contributed by atoms with E-state index < -0.39 is 0 Å². The number of aromatic amines is 1. The molecule has 0 saturated heterocycles. The number of fused-ring (bicyclic) bond motifs is 1.